The van der Waals surface area contributed by atoms with Gasteiger partial charge in [0, 0.05) is 38.8 Å². The van der Waals surface area contributed by atoms with Crippen molar-refractivity contribution >= 4 is 30.7 Å². The maximum absolute atomic E-state index is 12.5. The van der Waals surface area contributed by atoms with E-state index >= 15 is 0 Å². The summed E-state index contributed by atoms with van der Waals surface area (Å²) in [4.78, 5) is 16.9. The molecular weight excluding hydrogens is 353 g/mol. The fourth-order valence-corrected chi connectivity index (χ4v) is 2.87. The summed E-state index contributed by atoms with van der Waals surface area (Å²) in [5.74, 6) is 0.678. The first-order valence-electron chi connectivity index (χ1n) is 8.08. The van der Waals surface area contributed by atoms with Gasteiger partial charge < -0.3 is 19.8 Å². The van der Waals surface area contributed by atoms with Crippen LogP contribution in [0.15, 0.2) is 16.7 Å². The van der Waals surface area contributed by atoms with Crippen LogP contribution in [0.5, 0.6) is 0 Å². The third-order valence-electron chi connectivity index (χ3n) is 4.19. The largest absolute Gasteiger partial charge is 0.467 e. The van der Waals surface area contributed by atoms with Gasteiger partial charge in [-0.05, 0) is 19.4 Å². The number of hydrogen-bond acceptors (Lipinski definition) is 5. The van der Waals surface area contributed by atoms with Crippen molar-refractivity contribution in [3.63, 3.8) is 0 Å². The lowest BCUT2D eigenvalue weighted by Crippen LogP contribution is -2.55. The van der Waals surface area contributed by atoms with Crippen LogP contribution < -0.4 is 5.73 Å². The Morgan fingerprint density at radius 3 is 2.71 bits per heavy atom. The van der Waals surface area contributed by atoms with Crippen molar-refractivity contribution < 1.29 is 13.9 Å². The van der Waals surface area contributed by atoms with Crippen molar-refractivity contribution in [2.24, 2.45) is 5.73 Å². The minimum absolute atomic E-state index is 0. The fourth-order valence-electron chi connectivity index (χ4n) is 2.87. The van der Waals surface area contributed by atoms with Crippen LogP contribution >= 0.6 is 24.8 Å². The van der Waals surface area contributed by atoms with E-state index in [1.807, 2.05) is 11.8 Å². The van der Waals surface area contributed by atoms with E-state index < -0.39 is 0 Å². The molecule has 1 aromatic rings. The zero-order chi connectivity index (χ0) is 15.9. The molecule has 2 N–H and O–H groups in total. The Bertz CT molecular complexity index is 485. The number of nitrogens with zero attached hydrogens (tertiary/aromatic N) is 2. The van der Waals surface area contributed by atoms with Crippen molar-refractivity contribution in [2.45, 2.75) is 32.9 Å². The molecule has 1 fully saturated rings. The number of nitrogens with two attached hydrogens (primary N) is 1. The van der Waals surface area contributed by atoms with Gasteiger partial charge in [0.1, 0.15) is 12.0 Å². The van der Waals surface area contributed by atoms with E-state index in [-0.39, 0.29) is 30.7 Å². The molecule has 2 heterocycles. The van der Waals surface area contributed by atoms with E-state index in [1.165, 1.54) is 6.26 Å². The molecule has 24 heavy (non-hydrogen) atoms. The molecule has 1 aromatic heterocycles. The normalized spacial score (nSPS) is 18.0. The summed E-state index contributed by atoms with van der Waals surface area (Å²) in [6.45, 7) is 9.30. The third-order valence-corrected chi connectivity index (χ3v) is 4.19. The van der Waals surface area contributed by atoms with E-state index in [0.29, 0.717) is 23.9 Å². The molecule has 140 valence electrons. The molecule has 0 bridgehead atoms. The molecule has 1 aliphatic rings. The van der Waals surface area contributed by atoms with Crippen molar-refractivity contribution in [3.05, 3.63) is 23.7 Å². The summed E-state index contributed by atoms with van der Waals surface area (Å²) in [6, 6.07) is 2.13. The van der Waals surface area contributed by atoms with Gasteiger partial charge in [0.05, 0.1) is 18.7 Å². The highest BCUT2D eigenvalue weighted by Crippen LogP contribution is 2.17. The Hall–Kier alpha value is -0.790. The second-order valence-corrected chi connectivity index (χ2v) is 5.55. The molecule has 0 spiro atoms. The highest BCUT2D eigenvalue weighted by Gasteiger charge is 2.29. The van der Waals surface area contributed by atoms with Gasteiger partial charge in [-0.2, -0.15) is 0 Å². The summed E-state index contributed by atoms with van der Waals surface area (Å²) in [5.41, 5.74) is 6.12. The number of piperazine rings is 1. The van der Waals surface area contributed by atoms with Crippen molar-refractivity contribution in [1.29, 1.82) is 0 Å². The SMILES string of the molecule is CCOCCN1CCN(C(=O)c2coc(CN)c2)CC1CC.Cl.Cl. The monoisotopic (exact) mass is 381 g/mol. The van der Waals surface area contributed by atoms with Gasteiger partial charge in [0.15, 0.2) is 0 Å². The molecule has 0 radical (unpaired) electrons. The third kappa shape index (κ3) is 5.93. The first kappa shape index (κ1) is 23.2. The number of carbonyl (C=O) groups is 1. The molecule has 1 atom stereocenters. The fraction of sp³-hybridized carbons (Fsp3) is 0.688. The minimum Gasteiger partial charge on any atom is -0.467 e. The molecule has 1 unspecified atom stereocenters. The van der Waals surface area contributed by atoms with Gasteiger partial charge in [0.2, 0.25) is 0 Å². The Balaban J connectivity index is 0.00000264. The van der Waals surface area contributed by atoms with Crippen molar-refractivity contribution in [3.8, 4) is 0 Å². The summed E-state index contributed by atoms with van der Waals surface area (Å²) < 4.78 is 10.7. The van der Waals surface area contributed by atoms with Crippen molar-refractivity contribution in [1.82, 2.24) is 9.80 Å². The second kappa shape index (κ2) is 11.7. The highest BCUT2D eigenvalue weighted by atomic mass is 35.5. The molecule has 1 aliphatic heterocycles. The van der Waals surface area contributed by atoms with Crippen LogP contribution in [0.3, 0.4) is 0 Å². The predicted octanol–water partition coefficient (Wildman–Crippen LogP) is 2.15. The van der Waals surface area contributed by atoms with Crippen LogP contribution in [0.4, 0.5) is 0 Å². The van der Waals surface area contributed by atoms with Crippen LogP contribution in [-0.4, -0.2) is 61.1 Å². The zero-order valence-corrected chi connectivity index (χ0v) is 16.0. The molecule has 2 rings (SSSR count). The van der Waals surface area contributed by atoms with Gasteiger partial charge >= 0.3 is 0 Å². The van der Waals surface area contributed by atoms with Crippen LogP contribution in [0.25, 0.3) is 0 Å². The maximum atomic E-state index is 12.5. The first-order chi connectivity index (χ1) is 10.7. The molecule has 1 saturated heterocycles. The quantitative estimate of drug-likeness (QED) is 0.732. The van der Waals surface area contributed by atoms with Gasteiger partial charge in [-0.3, -0.25) is 9.69 Å². The van der Waals surface area contributed by atoms with Crippen LogP contribution in [-0.2, 0) is 11.3 Å². The molecule has 6 nitrogen and oxygen atoms in total. The lowest BCUT2D eigenvalue weighted by molar-refractivity contribution is 0.0340. The average molecular weight is 382 g/mol. The number of halogens is 2. The van der Waals surface area contributed by atoms with Crippen LogP contribution in [0, 0.1) is 0 Å². The number of rotatable bonds is 7. The summed E-state index contributed by atoms with van der Waals surface area (Å²) in [7, 11) is 0. The Morgan fingerprint density at radius 2 is 2.12 bits per heavy atom. The van der Waals surface area contributed by atoms with Gasteiger partial charge in [-0.25, -0.2) is 0 Å². The first-order valence-corrected chi connectivity index (χ1v) is 8.08. The second-order valence-electron chi connectivity index (χ2n) is 5.55. The maximum Gasteiger partial charge on any atom is 0.257 e. The van der Waals surface area contributed by atoms with Gasteiger partial charge in [0.25, 0.3) is 5.91 Å². The molecule has 0 aromatic carbocycles. The van der Waals surface area contributed by atoms with Crippen LogP contribution in [0.2, 0.25) is 0 Å². The number of furan rings is 1. The lowest BCUT2D eigenvalue weighted by Gasteiger charge is -2.41. The smallest absolute Gasteiger partial charge is 0.257 e. The Labute approximate surface area is 156 Å². The number of carbonyl (C=O) groups excluding carboxylic acids is 1. The molecule has 0 aliphatic carbocycles. The number of ether oxygens (including phenoxy) is 1. The molecule has 0 saturated carbocycles. The summed E-state index contributed by atoms with van der Waals surface area (Å²) >= 11 is 0. The molecule has 1 amide bonds. The van der Waals surface area contributed by atoms with E-state index in [4.69, 9.17) is 14.9 Å². The van der Waals surface area contributed by atoms with E-state index in [0.717, 1.165) is 45.8 Å². The van der Waals surface area contributed by atoms with Gasteiger partial charge in [-0.15, -0.1) is 24.8 Å². The van der Waals surface area contributed by atoms with Gasteiger partial charge in [-0.1, -0.05) is 6.92 Å². The topological polar surface area (TPSA) is 71.9 Å². The standard InChI is InChI=1S/C16H27N3O3.2ClH/c1-3-14-11-19(6-5-18(14)7-8-21-4-2)16(20)13-9-15(10-17)22-12-13;;/h9,12,14H,3-8,10-11,17H2,1-2H3;2*1H. The summed E-state index contributed by atoms with van der Waals surface area (Å²) in [6.07, 6.45) is 2.53. The van der Waals surface area contributed by atoms with E-state index in [1.54, 1.807) is 6.07 Å². The predicted molar refractivity (Wildman–Crippen MR) is 99.1 cm³/mol. The summed E-state index contributed by atoms with van der Waals surface area (Å²) in [5, 5.41) is 0. The van der Waals surface area contributed by atoms with Crippen molar-refractivity contribution in [2.75, 3.05) is 39.4 Å². The van der Waals surface area contributed by atoms with Crippen LogP contribution in [0.1, 0.15) is 36.4 Å². The Morgan fingerprint density at radius 1 is 1.38 bits per heavy atom. The lowest BCUT2D eigenvalue weighted by atomic mass is 10.1. The number of amides is 1. The Kier molecular flexibility index (Phi) is 11.3. The number of hydrogen-bond donors (Lipinski definition) is 1. The molecular formula is C16H29Cl2N3O3. The van der Waals surface area contributed by atoms with E-state index in [9.17, 15) is 4.79 Å². The van der Waals surface area contributed by atoms with E-state index in [2.05, 4.69) is 11.8 Å². The average Bonchev–Trinajstić information content (AvgIpc) is 3.03. The molecule has 8 heteroatoms. The zero-order valence-electron chi connectivity index (χ0n) is 14.4. The highest BCUT2D eigenvalue weighted by molar-refractivity contribution is 5.94. The minimum atomic E-state index is 0.